The first-order valence-corrected chi connectivity index (χ1v) is 11.0. The predicted molar refractivity (Wildman–Crippen MR) is 126 cm³/mol. The third kappa shape index (κ3) is 3.68. The van der Waals surface area contributed by atoms with Crippen LogP contribution in [0.4, 0.5) is 19.0 Å². The average molecular weight is 483 g/mol. The molecule has 0 fully saturated rings. The van der Waals surface area contributed by atoms with Crippen LogP contribution >= 0.6 is 0 Å². The van der Waals surface area contributed by atoms with E-state index in [9.17, 15) is 18.0 Å². The largest absolute Gasteiger partial charge is 0.416 e. The first kappa shape index (κ1) is 23.1. The Labute approximate surface area is 199 Å². The van der Waals surface area contributed by atoms with E-state index in [0.717, 1.165) is 23.0 Å². The van der Waals surface area contributed by atoms with Gasteiger partial charge in [0.1, 0.15) is 5.82 Å². The van der Waals surface area contributed by atoms with E-state index in [1.54, 1.807) is 57.0 Å². The Morgan fingerprint density at radius 1 is 1.20 bits per heavy atom. The summed E-state index contributed by atoms with van der Waals surface area (Å²) in [6, 6.07) is 8.20. The lowest BCUT2D eigenvalue weighted by Gasteiger charge is -2.41. The maximum atomic E-state index is 13.5. The van der Waals surface area contributed by atoms with Crippen molar-refractivity contribution in [1.29, 1.82) is 0 Å². The number of nitrogens with two attached hydrogens (primary N) is 1. The Morgan fingerprint density at radius 3 is 2.66 bits per heavy atom. The lowest BCUT2D eigenvalue weighted by Crippen LogP contribution is -2.41. The molecule has 0 radical (unpaired) electrons. The van der Waals surface area contributed by atoms with Gasteiger partial charge >= 0.3 is 6.18 Å². The molecule has 0 spiro atoms. The summed E-state index contributed by atoms with van der Waals surface area (Å²) < 4.78 is 47.7. The number of hydrogen-bond acceptors (Lipinski definition) is 5. The van der Waals surface area contributed by atoms with Crippen LogP contribution in [0.15, 0.2) is 42.6 Å². The van der Waals surface area contributed by atoms with Crippen molar-refractivity contribution in [2.45, 2.75) is 31.7 Å². The first-order valence-electron chi connectivity index (χ1n) is 11.0. The number of benzene rings is 2. The summed E-state index contributed by atoms with van der Waals surface area (Å²) in [4.78, 5) is 19.5. The molecule has 5 rings (SSSR count). The number of pyridine rings is 1. The van der Waals surface area contributed by atoms with E-state index in [1.165, 1.54) is 11.0 Å². The molecule has 0 saturated heterocycles. The maximum absolute atomic E-state index is 13.5. The number of aromatic nitrogens is 3. The molecule has 3 heterocycles. The number of ether oxygens (including phenoxy) is 1. The molecule has 2 aromatic carbocycles. The molecule has 0 aliphatic carbocycles. The van der Waals surface area contributed by atoms with Crippen molar-refractivity contribution in [3.05, 3.63) is 64.8 Å². The van der Waals surface area contributed by atoms with Gasteiger partial charge in [0.25, 0.3) is 5.91 Å². The van der Waals surface area contributed by atoms with Gasteiger partial charge in [0.05, 0.1) is 46.4 Å². The van der Waals surface area contributed by atoms with Crippen LogP contribution in [0.1, 0.15) is 46.9 Å². The van der Waals surface area contributed by atoms with Gasteiger partial charge in [-0.15, -0.1) is 0 Å². The molecule has 1 unspecified atom stereocenters. The quantitative estimate of drug-likeness (QED) is 0.443. The predicted octanol–water partition coefficient (Wildman–Crippen LogP) is 4.80. The summed E-state index contributed by atoms with van der Waals surface area (Å²) in [5.74, 6) is 0.0618. The molecule has 182 valence electrons. The summed E-state index contributed by atoms with van der Waals surface area (Å²) in [7, 11) is 3.41. The molecule has 1 atom stereocenters. The minimum atomic E-state index is -4.47. The molecule has 2 N–H and O–H groups in total. The number of fused-ring (bicyclic) bond motifs is 4. The fraction of sp³-hybridized carbons (Fsp3) is 0.320. The third-order valence-corrected chi connectivity index (χ3v) is 6.73. The molecule has 10 heteroatoms. The molecule has 7 nitrogen and oxygen atoms in total. The number of alkyl halides is 3. The van der Waals surface area contributed by atoms with Crippen molar-refractivity contribution in [2.75, 3.05) is 19.4 Å². The third-order valence-electron chi connectivity index (χ3n) is 6.73. The second-order valence-electron chi connectivity index (χ2n) is 9.31. The number of aryl methyl sites for hydroxylation is 1. The van der Waals surface area contributed by atoms with Crippen LogP contribution in [0, 0.1) is 0 Å². The van der Waals surface area contributed by atoms with E-state index in [2.05, 4.69) is 10.1 Å². The maximum Gasteiger partial charge on any atom is 0.416 e. The van der Waals surface area contributed by atoms with E-state index in [1.807, 2.05) is 0 Å². The highest BCUT2D eigenvalue weighted by molar-refractivity contribution is 6.10. The SMILES string of the molecule is CN(C(=O)c1ccc2nc(N)c3cnn(C)c3c2c1)C1COC(C)(C)c2cc(C(F)(F)F)ccc21. The van der Waals surface area contributed by atoms with Gasteiger partial charge in [0.15, 0.2) is 0 Å². The van der Waals surface area contributed by atoms with Gasteiger partial charge < -0.3 is 15.4 Å². The lowest BCUT2D eigenvalue weighted by atomic mass is 9.85. The summed E-state index contributed by atoms with van der Waals surface area (Å²) in [5.41, 5.74) is 7.24. The van der Waals surface area contributed by atoms with Gasteiger partial charge in [-0.25, -0.2) is 4.98 Å². The number of hydrogen-bond donors (Lipinski definition) is 1. The number of likely N-dealkylation sites (N-methyl/N-ethyl adjacent to an activating group) is 1. The number of carbonyl (C=O) groups is 1. The van der Waals surface area contributed by atoms with E-state index in [0.29, 0.717) is 33.4 Å². The van der Waals surface area contributed by atoms with E-state index >= 15 is 0 Å². The van der Waals surface area contributed by atoms with E-state index < -0.39 is 23.4 Å². The van der Waals surface area contributed by atoms with Crippen LogP contribution in [0.25, 0.3) is 21.8 Å². The summed E-state index contributed by atoms with van der Waals surface area (Å²) in [6.45, 7) is 3.61. The summed E-state index contributed by atoms with van der Waals surface area (Å²) in [6.07, 6.45) is -2.84. The van der Waals surface area contributed by atoms with Crippen molar-refractivity contribution in [3.8, 4) is 0 Å². The molecule has 1 aliphatic heterocycles. The first-order chi connectivity index (χ1) is 16.4. The van der Waals surface area contributed by atoms with Crippen LogP contribution in [-0.2, 0) is 23.6 Å². The zero-order valence-corrected chi connectivity index (χ0v) is 19.6. The summed E-state index contributed by atoms with van der Waals surface area (Å²) >= 11 is 0. The van der Waals surface area contributed by atoms with Crippen LogP contribution in [0.5, 0.6) is 0 Å². The fourth-order valence-electron chi connectivity index (χ4n) is 4.76. The Kier molecular flexibility index (Phi) is 5.06. The Morgan fingerprint density at radius 2 is 1.94 bits per heavy atom. The van der Waals surface area contributed by atoms with Crippen LogP contribution in [0.3, 0.4) is 0 Å². The van der Waals surface area contributed by atoms with Gasteiger partial charge in [-0.3, -0.25) is 9.48 Å². The number of nitrogens with zero attached hydrogens (tertiary/aromatic N) is 4. The minimum absolute atomic E-state index is 0.158. The van der Waals surface area contributed by atoms with Crippen molar-refractivity contribution in [1.82, 2.24) is 19.7 Å². The number of nitrogen functional groups attached to an aromatic ring is 1. The second-order valence-corrected chi connectivity index (χ2v) is 9.31. The monoisotopic (exact) mass is 483 g/mol. The lowest BCUT2D eigenvalue weighted by molar-refractivity contribution is -0.138. The van der Waals surface area contributed by atoms with Crippen molar-refractivity contribution in [2.24, 2.45) is 7.05 Å². The van der Waals surface area contributed by atoms with E-state index in [-0.39, 0.29) is 12.5 Å². The topological polar surface area (TPSA) is 86.3 Å². The Balaban J connectivity index is 1.55. The zero-order chi connectivity index (χ0) is 25.3. The minimum Gasteiger partial charge on any atom is -0.383 e. The standard InChI is InChI=1S/C25H24F3N5O2/c1-24(2)18-10-14(25(26,27)28)6-7-15(18)20(12-35-24)32(3)23(34)13-5-8-19-16(9-13)21-17(22(29)31-19)11-30-33(21)4/h5-11,20H,12H2,1-4H3,(H2,29,31). The highest BCUT2D eigenvalue weighted by Crippen LogP contribution is 2.42. The number of amides is 1. The molecule has 1 amide bonds. The van der Waals surface area contributed by atoms with Gasteiger partial charge in [0.2, 0.25) is 0 Å². The van der Waals surface area contributed by atoms with E-state index in [4.69, 9.17) is 10.5 Å². The Bertz CT molecular complexity index is 1490. The molecular weight excluding hydrogens is 459 g/mol. The summed E-state index contributed by atoms with van der Waals surface area (Å²) in [5, 5.41) is 5.67. The van der Waals surface area contributed by atoms with Crippen molar-refractivity contribution in [3.63, 3.8) is 0 Å². The number of carbonyl (C=O) groups excluding carboxylic acids is 1. The van der Waals surface area contributed by atoms with Crippen LogP contribution < -0.4 is 5.73 Å². The molecule has 1 aliphatic rings. The fourth-order valence-corrected chi connectivity index (χ4v) is 4.76. The van der Waals surface area contributed by atoms with Gasteiger partial charge in [-0.2, -0.15) is 18.3 Å². The number of halogens is 3. The highest BCUT2D eigenvalue weighted by atomic mass is 19.4. The molecule has 0 bridgehead atoms. The van der Waals surface area contributed by atoms with Crippen LogP contribution in [0.2, 0.25) is 0 Å². The Hall–Kier alpha value is -3.66. The molecule has 2 aromatic heterocycles. The van der Waals surface area contributed by atoms with Crippen molar-refractivity contribution < 1.29 is 22.7 Å². The molecule has 35 heavy (non-hydrogen) atoms. The molecule has 4 aromatic rings. The van der Waals surface area contributed by atoms with Gasteiger partial charge in [-0.05, 0) is 55.3 Å². The van der Waals surface area contributed by atoms with Gasteiger partial charge in [-0.1, -0.05) is 6.07 Å². The smallest absolute Gasteiger partial charge is 0.383 e. The molecule has 0 saturated carbocycles. The normalized spacial score (nSPS) is 17.5. The number of rotatable bonds is 2. The van der Waals surface area contributed by atoms with Crippen molar-refractivity contribution >= 4 is 33.5 Å². The highest BCUT2D eigenvalue weighted by Gasteiger charge is 2.39. The second kappa shape index (κ2) is 7.67. The average Bonchev–Trinajstić information content (AvgIpc) is 3.20. The van der Waals surface area contributed by atoms with Crippen LogP contribution in [-0.4, -0.2) is 39.2 Å². The van der Waals surface area contributed by atoms with Gasteiger partial charge in [0, 0.05) is 25.0 Å². The number of anilines is 1. The zero-order valence-electron chi connectivity index (χ0n) is 19.6. The molecular formula is C25H24F3N5O2.